The molecule has 0 N–H and O–H groups in total. The molecule has 398 valence electrons. The Labute approximate surface area is 424 Å². The summed E-state index contributed by atoms with van der Waals surface area (Å²) in [5, 5.41) is 0. The van der Waals surface area contributed by atoms with E-state index in [0.717, 1.165) is 57.8 Å². The summed E-state index contributed by atoms with van der Waals surface area (Å²) in [5.41, 5.74) is 0. The number of ether oxygens (including phenoxy) is 3. The van der Waals surface area contributed by atoms with E-state index in [1.54, 1.807) is 0 Å². The van der Waals surface area contributed by atoms with Crippen LogP contribution in [0.1, 0.15) is 316 Å². The fourth-order valence-corrected chi connectivity index (χ4v) is 8.81. The highest BCUT2D eigenvalue weighted by atomic mass is 16.6. The maximum Gasteiger partial charge on any atom is 0.306 e. The molecule has 1 unspecified atom stereocenters. The summed E-state index contributed by atoms with van der Waals surface area (Å²) in [7, 11) is 0. The van der Waals surface area contributed by atoms with Crippen LogP contribution < -0.4 is 0 Å². The van der Waals surface area contributed by atoms with E-state index in [2.05, 4.69) is 69.4 Å². The van der Waals surface area contributed by atoms with E-state index in [1.165, 1.54) is 225 Å². The van der Waals surface area contributed by atoms with Crippen molar-refractivity contribution in [1.29, 1.82) is 0 Å². The van der Waals surface area contributed by atoms with Gasteiger partial charge in [-0.1, -0.05) is 268 Å². The highest BCUT2D eigenvalue weighted by Gasteiger charge is 2.17. The summed E-state index contributed by atoms with van der Waals surface area (Å²) in [6.45, 7) is 7.81. The van der Waals surface area contributed by atoms with Crippen LogP contribution in [0.5, 0.6) is 0 Å². The van der Waals surface area contributed by atoms with Gasteiger partial charge in [0.25, 0.3) is 0 Å². The van der Waals surface area contributed by atoms with E-state index in [0.29, 0.717) is 19.4 Å². The lowest BCUT2D eigenvalue weighted by molar-refractivity contribution is -0.163. The van der Waals surface area contributed by atoms with Crippen LogP contribution in [-0.2, 0) is 23.8 Å². The molecule has 0 aromatic rings. The Morgan fingerprint density at radius 2 is 0.618 bits per heavy atom. The van der Waals surface area contributed by atoms with Gasteiger partial charge in [-0.05, 0) is 83.5 Å². The third kappa shape index (κ3) is 56.4. The van der Waals surface area contributed by atoms with Crippen molar-refractivity contribution in [2.24, 2.45) is 0 Å². The van der Waals surface area contributed by atoms with Crippen molar-refractivity contribution in [3.8, 4) is 0 Å². The number of esters is 2. The van der Waals surface area contributed by atoms with Gasteiger partial charge in [-0.25, -0.2) is 0 Å². The molecule has 0 aromatic heterocycles. The van der Waals surface area contributed by atoms with Gasteiger partial charge in [-0.15, -0.1) is 0 Å². The van der Waals surface area contributed by atoms with E-state index < -0.39 is 6.10 Å². The zero-order valence-corrected chi connectivity index (χ0v) is 45.9. The first kappa shape index (κ1) is 65.9. The average molecular weight is 954 g/mol. The Morgan fingerprint density at radius 1 is 0.324 bits per heavy atom. The Bertz CT molecular complexity index is 1120. The zero-order chi connectivity index (χ0) is 49.2. The van der Waals surface area contributed by atoms with E-state index in [-0.39, 0.29) is 25.2 Å². The first-order valence-electron chi connectivity index (χ1n) is 30.2. The van der Waals surface area contributed by atoms with Crippen molar-refractivity contribution in [2.45, 2.75) is 322 Å². The van der Waals surface area contributed by atoms with Crippen LogP contribution in [-0.4, -0.2) is 37.9 Å². The number of carbonyl (C=O) groups excluding carboxylic acids is 2. The standard InChI is InChI=1S/C63H116O5/c1-4-7-10-13-16-19-22-25-28-31-32-34-35-38-41-44-47-50-53-56-62(64)67-60-61(59-66-58-55-52-49-46-43-40-37-30-27-24-21-18-15-12-9-6-3)68-63(65)57-54-51-48-45-42-39-36-33-29-26-23-20-17-14-11-8-5-2/h17-18,20-21,26-27,29-30,61H,4-16,19,22-25,28,31-60H2,1-3H3/b20-17-,21-18-,29-26-,30-27-. The fraction of sp³-hybridized carbons (Fsp3) is 0.841. The van der Waals surface area contributed by atoms with Gasteiger partial charge < -0.3 is 14.2 Å². The van der Waals surface area contributed by atoms with Gasteiger partial charge in [0.15, 0.2) is 6.10 Å². The smallest absolute Gasteiger partial charge is 0.306 e. The highest BCUT2D eigenvalue weighted by molar-refractivity contribution is 5.70. The number of hydrogen-bond acceptors (Lipinski definition) is 5. The molecule has 0 fully saturated rings. The van der Waals surface area contributed by atoms with E-state index in [4.69, 9.17) is 14.2 Å². The zero-order valence-electron chi connectivity index (χ0n) is 45.9. The summed E-state index contributed by atoms with van der Waals surface area (Å²) in [5.74, 6) is -0.394. The minimum Gasteiger partial charge on any atom is -0.462 e. The number of unbranched alkanes of at least 4 members (excludes halogenated alkanes) is 37. The summed E-state index contributed by atoms with van der Waals surface area (Å²) in [4.78, 5) is 25.6. The lowest BCUT2D eigenvalue weighted by Gasteiger charge is -2.18. The van der Waals surface area contributed by atoms with Crippen molar-refractivity contribution in [1.82, 2.24) is 0 Å². The molecule has 0 aliphatic heterocycles. The Hall–Kier alpha value is -2.14. The molecule has 0 bridgehead atoms. The summed E-state index contributed by atoms with van der Waals surface area (Å²) in [6, 6.07) is 0. The molecule has 0 heterocycles. The second kappa shape index (κ2) is 59.2. The largest absolute Gasteiger partial charge is 0.462 e. The van der Waals surface area contributed by atoms with Crippen LogP contribution >= 0.6 is 0 Å². The lowest BCUT2D eigenvalue weighted by atomic mass is 10.0. The number of allylic oxidation sites excluding steroid dienone is 8. The van der Waals surface area contributed by atoms with Crippen LogP contribution in [0.3, 0.4) is 0 Å². The molecule has 0 saturated carbocycles. The number of carbonyl (C=O) groups is 2. The van der Waals surface area contributed by atoms with Gasteiger partial charge in [0.2, 0.25) is 0 Å². The SMILES string of the molecule is CCCCC/C=C\C/C=C\CCCCCCCCCC(=O)OC(COCCCCCCCC/C=C\C/C=C\CCCCC)COC(=O)CCCCCCCCCCCCCCCCCCCCC. The van der Waals surface area contributed by atoms with Gasteiger partial charge in [-0.2, -0.15) is 0 Å². The third-order valence-corrected chi connectivity index (χ3v) is 13.3. The third-order valence-electron chi connectivity index (χ3n) is 13.3. The predicted molar refractivity (Wildman–Crippen MR) is 298 cm³/mol. The maximum absolute atomic E-state index is 12.9. The van der Waals surface area contributed by atoms with Gasteiger partial charge >= 0.3 is 11.9 Å². The minimum atomic E-state index is -0.544. The molecule has 0 saturated heterocycles. The molecule has 0 aliphatic rings. The first-order valence-corrected chi connectivity index (χ1v) is 30.2. The van der Waals surface area contributed by atoms with E-state index in [9.17, 15) is 9.59 Å². The van der Waals surface area contributed by atoms with Gasteiger partial charge in [0, 0.05) is 19.4 Å². The Kier molecular flexibility index (Phi) is 57.3. The topological polar surface area (TPSA) is 61.8 Å². The van der Waals surface area contributed by atoms with Crippen molar-refractivity contribution < 1.29 is 23.8 Å². The lowest BCUT2D eigenvalue weighted by Crippen LogP contribution is -2.30. The first-order chi connectivity index (χ1) is 33.6. The average Bonchev–Trinajstić information content (AvgIpc) is 3.34. The molecule has 0 amide bonds. The summed E-state index contributed by atoms with van der Waals surface area (Å²) in [6.07, 6.45) is 74.2. The van der Waals surface area contributed by atoms with Crippen molar-refractivity contribution >= 4 is 11.9 Å². The molecule has 0 spiro atoms. The molecular formula is C63H116O5. The normalized spacial score (nSPS) is 12.5. The molecule has 0 aromatic carbocycles. The summed E-state index contributed by atoms with van der Waals surface area (Å²) >= 11 is 0. The van der Waals surface area contributed by atoms with Crippen molar-refractivity contribution in [3.63, 3.8) is 0 Å². The minimum absolute atomic E-state index is 0.0817. The summed E-state index contributed by atoms with van der Waals surface area (Å²) < 4.78 is 17.5. The van der Waals surface area contributed by atoms with E-state index >= 15 is 0 Å². The molecule has 0 rings (SSSR count). The molecule has 1 atom stereocenters. The molecule has 5 heteroatoms. The second-order valence-corrected chi connectivity index (χ2v) is 20.3. The van der Waals surface area contributed by atoms with Gasteiger partial charge in [-0.3, -0.25) is 9.59 Å². The van der Waals surface area contributed by atoms with E-state index in [1.807, 2.05) is 0 Å². The van der Waals surface area contributed by atoms with Crippen LogP contribution in [0.25, 0.3) is 0 Å². The molecule has 5 nitrogen and oxygen atoms in total. The molecule has 0 aliphatic carbocycles. The predicted octanol–water partition coefficient (Wildman–Crippen LogP) is 20.7. The number of hydrogen-bond donors (Lipinski definition) is 0. The van der Waals surface area contributed by atoms with Gasteiger partial charge in [0.1, 0.15) is 6.61 Å². The highest BCUT2D eigenvalue weighted by Crippen LogP contribution is 2.16. The molecule has 0 radical (unpaired) electrons. The second-order valence-electron chi connectivity index (χ2n) is 20.3. The quantitative estimate of drug-likeness (QED) is 0.0345. The molecular weight excluding hydrogens is 837 g/mol. The maximum atomic E-state index is 12.9. The Morgan fingerprint density at radius 3 is 1.00 bits per heavy atom. The van der Waals surface area contributed by atoms with Crippen LogP contribution in [0.2, 0.25) is 0 Å². The Balaban J connectivity index is 4.26. The van der Waals surface area contributed by atoms with Crippen LogP contribution in [0, 0.1) is 0 Å². The van der Waals surface area contributed by atoms with Gasteiger partial charge in [0.05, 0.1) is 6.61 Å². The molecule has 68 heavy (non-hydrogen) atoms. The monoisotopic (exact) mass is 953 g/mol. The number of rotatable bonds is 56. The fourth-order valence-electron chi connectivity index (χ4n) is 8.81. The van der Waals surface area contributed by atoms with Crippen molar-refractivity contribution in [3.05, 3.63) is 48.6 Å². The van der Waals surface area contributed by atoms with Crippen LogP contribution in [0.4, 0.5) is 0 Å². The van der Waals surface area contributed by atoms with Crippen molar-refractivity contribution in [2.75, 3.05) is 19.8 Å². The van der Waals surface area contributed by atoms with Crippen LogP contribution in [0.15, 0.2) is 48.6 Å².